The van der Waals surface area contributed by atoms with Crippen LogP contribution in [0.1, 0.15) is 13.8 Å². The van der Waals surface area contributed by atoms with Gasteiger partial charge in [0.2, 0.25) is 0 Å². The smallest absolute Gasteiger partial charge is 0.141 e. The van der Waals surface area contributed by atoms with Crippen molar-refractivity contribution in [2.45, 2.75) is 25.6 Å². The van der Waals surface area contributed by atoms with Crippen LogP contribution in [0.25, 0.3) is 0 Å². The average molecular weight is 235 g/mol. The molecule has 2 rings (SSSR count). The van der Waals surface area contributed by atoms with Gasteiger partial charge >= 0.3 is 0 Å². The molecule has 4 nitrogen and oxygen atoms in total. The normalized spacial score (nSPS) is 46.2. The van der Waals surface area contributed by atoms with Crippen LogP contribution in [0, 0.1) is 5.92 Å². The summed E-state index contributed by atoms with van der Waals surface area (Å²) < 4.78 is 5.48. The Morgan fingerprint density at radius 3 is 2.82 bits per heavy atom. The highest BCUT2D eigenvalue weighted by Gasteiger charge is 2.65. The number of fused-ring (bicyclic) bond motifs is 1. The van der Waals surface area contributed by atoms with Crippen LogP contribution < -0.4 is 5.73 Å². The SMILES string of the molecule is COC1(N)C2/C(C)=C/C=C(C)/C=N\CN(C)C21. The van der Waals surface area contributed by atoms with Crippen LogP contribution in [0.5, 0.6) is 0 Å². The van der Waals surface area contributed by atoms with Crippen molar-refractivity contribution in [1.82, 2.24) is 4.90 Å². The predicted molar refractivity (Wildman–Crippen MR) is 69.8 cm³/mol. The molecule has 0 saturated heterocycles. The van der Waals surface area contributed by atoms with E-state index < -0.39 is 5.72 Å². The van der Waals surface area contributed by atoms with Crippen LogP contribution >= 0.6 is 0 Å². The molecule has 4 heteroatoms. The van der Waals surface area contributed by atoms with Crippen LogP contribution in [0.15, 0.2) is 28.3 Å². The molecule has 1 aliphatic carbocycles. The minimum Gasteiger partial charge on any atom is -0.362 e. The highest BCUT2D eigenvalue weighted by molar-refractivity contribution is 5.78. The van der Waals surface area contributed by atoms with Gasteiger partial charge in [0.15, 0.2) is 0 Å². The van der Waals surface area contributed by atoms with E-state index in [0.29, 0.717) is 6.67 Å². The Bertz CT molecular complexity index is 399. The predicted octanol–water partition coefficient (Wildman–Crippen LogP) is 1.15. The van der Waals surface area contributed by atoms with E-state index in [1.54, 1.807) is 7.11 Å². The lowest BCUT2D eigenvalue weighted by molar-refractivity contribution is 0.0538. The third-order valence-corrected chi connectivity index (χ3v) is 3.68. The first-order valence-corrected chi connectivity index (χ1v) is 5.90. The Balaban J connectivity index is 2.33. The second-order valence-electron chi connectivity index (χ2n) is 5.01. The molecule has 1 saturated carbocycles. The molecule has 1 heterocycles. The van der Waals surface area contributed by atoms with Gasteiger partial charge in [-0.2, -0.15) is 0 Å². The summed E-state index contributed by atoms with van der Waals surface area (Å²) in [5, 5.41) is 0. The summed E-state index contributed by atoms with van der Waals surface area (Å²) in [7, 11) is 3.72. The van der Waals surface area contributed by atoms with Gasteiger partial charge in [0.1, 0.15) is 5.72 Å². The number of hydrogen-bond donors (Lipinski definition) is 1. The van der Waals surface area contributed by atoms with Crippen molar-refractivity contribution < 1.29 is 4.74 Å². The van der Waals surface area contributed by atoms with E-state index in [1.165, 1.54) is 5.57 Å². The maximum Gasteiger partial charge on any atom is 0.141 e. The molecule has 0 aromatic heterocycles. The van der Waals surface area contributed by atoms with Crippen LogP contribution in [0.2, 0.25) is 0 Å². The lowest BCUT2D eigenvalue weighted by Crippen LogP contribution is -2.37. The highest BCUT2D eigenvalue weighted by atomic mass is 16.5. The fraction of sp³-hybridized carbons (Fsp3) is 0.615. The van der Waals surface area contributed by atoms with E-state index in [1.807, 2.05) is 20.2 Å². The molecule has 2 N–H and O–H groups in total. The number of nitrogens with two attached hydrogens (primary N) is 1. The van der Waals surface area contributed by atoms with Crippen LogP contribution in [0.3, 0.4) is 0 Å². The van der Waals surface area contributed by atoms with Crippen molar-refractivity contribution in [3.05, 3.63) is 23.3 Å². The molecule has 94 valence electrons. The zero-order valence-electron chi connectivity index (χ0n) is 11.0. The number of rotatable bonds is 1. The first-order valence-electron chi connectivity index (χ1n) is 5.90. The van der Waals surface area contributed by atoms with Gasteiger partial charge in [-0.05, 0) is 26.5 Å². The minimum absolute atomic E-state index is 0.215. The topological polar surface area (TPSA) is 50.9 Å². The molecule has 1 fully saturated rings. The number of hydrogen-bond acceptors (Lipinski definition) is 4. The Labute approximate surface area is 103 Å². The molecule has 1 aliphatic heterocycles. The van der Waals surface area contributed by atoms with Gasteiger partial charge in [0.05, 0.1) is 12.7 Å². The lowest BCUT2D eigenvalue weighted by Gasteiger charge is -2.16. The highest BCUT2D eigenvalue weighted by Crippen LogP contribution is 2.50. The van der Waals surface area contributed by atoms with E-state index in [-0.39, 0.29) is 12.0 Å². The maximum atomic E-state index is 6.27. The van der Waals surface area contributed by atoms with E-state index in [0.717, 1.165) is 5.57 Å². The van der Waals surface area contributed by atoms with Crippen molar-refractivity contribution in [3.8, 4) is 0 Å². The van der Waals surface area contributed by atoms with E-state index in [2.05, 4.69) is 29.0 Å². The molecule has 0 spiro atoms. The third kappa shape index (κ3) is 2.08. The minimum atomic E-state index is -0.559. The second-order valence-corrected chi connectivity index (χ2v) is 5.01. The molecule has 3 atom stereocenters. The number of ether oxygens (including phenoxy) is 1. The Kier molecular flexibility index (Phi) is 3.21. The second kappa shape index (κ2) is 4.37. The quantitative estimate of drug-likeness (QED) is 0.694. The number of methoxy groups -OCH3 is 1. The molecule has 2 aliphatic rings. The van der Waals surface area contributed by atoms with Crippen LogP contribution in [0.4, 0.5) is 0 Å². The van der Waals surface area contributed by atoms with E-state index >= 15 is 0 Å². The van der Waals surface area contributed by atoms with Gasteiger partial charge in [-0.15, -0.1) is 0 Å². The molecule has 0 aromatic carbocycles. The summed E-state index contributed by atoms with van der Waals surface area (Å²) in [6, 6.07) is 0.215. The summed E-state index contributed by atoms with van der Waals surface area (Å²) in [6.45, 7) is 4.81. The number of nitrogens with zero attached hydrogens (tertiary/aromatic N) is 2. The van der Waals surface area contributed by atoms with Gasteiger partial charge < -0.3 is 10.5 Å². The van der Waals surface area contributed by atoms with Crippen molar-refractivity contribution >= 4 is 6.21 Å². The number of allylic oxidation sites excluding steroid dienone is 3. The Morgan fingerprint density at radius 1 is 1.47 bits per heavy atom. The third-order valence-electron chi connectivity index (χ3n) is 3.68. The van der Waals surface area contributed by atoms with Crippen molar-refractivity contribution in [3.63, 3.8) is 0 Å². The fourth-order valence-electron chi connectivity index (χ4n) is 2.63. The zero-order valence-corrected chi connectivity index (χ0v) is 11.0. The monoisotopic (exact) mass is 235 g/mol. The summed E-state index contributed by atoms with van der Waals surface area (Å²) >= 11 is 0. The fourth-order valence-corrected chi connectivity index (χ4v) is 2.63. The molecule has 3 unspecified atom stereocenters. The molecule has 0 bridgehead atoms. The molecule has 0 radical (unpaired) electrons. The molecule has 0 amide bonds. The maximum absolute atomic E-state index is 6.27. The summed E-state index contributed by atoms with van der Waals surface area (Å²) in [6.07, 6.45) is 6.09. The van der Waals surface area contributed by atoms with Crippen molar-refractivity contribution in [2.24, 2.45) is 16.6 Å². The van der Waals surface area contributed by atoms with Gasteiger partial charge in [-0.1, -0.05) is 17.7 Å². The summed E-state index contributed by atoms with van der Waals surface area (Å²) in [5.41, 5.74) is 8.13. The first kappa shape index (κ1) is 12.5. The molecular formula is C13H21N3O. The Morgan fingerprint density at radius 2 is 2.18 bits per heavy atom. The zero-order chi connectivity index (χ0) is 12.6. The molecule has 0 aromatic rings. The van der Waals surface area contributed by atoms with Gasteiger partial charge in [-0.25, -0.2) is 0 Å². The standard InChI is InChI=1S/C13H21N3O/c1-9-5-6-10(2)11-12(13(11,14)17-4)16(3)8-15-7-9/h5-7,11-12H,8,14H2,1-4H3/b9-5+,10-6+,15-7-. The summed E-state index contributed by atoms with van der Waals surface area (Å²) in [4.78, 5) is 6.54. The van der Waals surface area contributed by atoms with Crippen molar-refractivity contribution in [1.29, 1.82) is 0 Å². The number of aliphatic imine (C=N–C) groups is 1. The van der Waals surface area contributed by atoms with E-state index in [9.17, 15) is 0 Å². The lowest BCUT2D eigenvalue weighted by atomic mass is 10.1. The molecule has 17 heavy (non-hydrogen) atoms. The van der Waals surface area contributed by atoms with Gasteiger partial charge in [0, 0.05) is 19.2 Å². The van der Waals surface area contributed by atoms with Gasteiger partial charge in [0.25, 0.3) is 0 Å². The van der Waals surface area contributed by atoms with Crippen LogP contribution in [-0.2, 0) is 4.74 Å². The summed E-state index contributed by atoms with van der Waals surface area (Å²) in [5.74, 6) is 0.259. The Hall–Kier alpha value is -0.970. The van der Waals surface area contributed by atoms with Crippen LogP contribution in [-0.4, -0.2) is 43.7 Å². The van der Waals surface area contributed by atoms with Gasteiger partial charge in [-0.3, -0.25) is 9.89 Å². The van der Waals surface area contributed by atoms with Crippen molar-refractivity contribution in [2.75, 3.05) is 20.8 Å². The molecular weight excluding hydrogens is 214 g/mol. The van der Waals surface area contributed by atoms with E-state index in [4.69, 9.17) is 10.5 Å². The largest absolute Gasteiger partial charge is 0.362 e. The first-order chi connectivity index (χ1) is 8.00. The average Bonchev–Trinajstić information content (AvgIpc) is 2.93. The number of likely N-dealkylation sites (N-methyl/N-ethyl adjacent to an activating group) is 1.